The van der Waals surface area contributed by atoms with Gasteiger partial charge in [0, 0.05) is 0 Å². The third-order valence-electron chi connectivity index (χ3n) is 4.72. The molecule has 4 aromatic rings. The molecule has 0 spiro atoms. The molecule has 0 atom stereocenters. The first-order valence-electron chi connectivity index (χ1n) is 9.34. The van der Waals surface area contributed by atoms with Gasteiger partial charge in [-0.15, -0.1) is 0 Å². The van der Waals surface area contributed by atoms with Crippen LogP contribution in [0.25, 0.3) is 11.4 Å². The lowest BCUT2D eigenvalue weighted by Crippen LogP contribution is -2.48. The zero-order chi connectivity index (χ0) is 21.3. The van der Waals surface area contributed by atoms with E-state index < -0.39 is 17.1 Å². The summed E-state index contributed by atoms with van der Waals surface area (Å²) < 4.78 is 7.82. The van der Waals surface area contributed by atoms with E-state index in [1.165, 1.54) is 0 Å². The van der Waals surface area contributed by atoms with Crippen LogP contribution in [0.15, 0.2) is 87.2 Å². The van der Waals surface area contributed by atoms with Crippen molar-refractivity contribution in [3.05, 3.63) is 115 Å². The molecule has 150 valence electrons. The minimum absolute atomic E-state index is 0.371. The van der Waals surface area contributed by atoms with Gasteiger partial charge in [-0.25, -0.2) is 23.5 Å². The first-order chi connectivity index (χ1) is 14.5. The molecule has 0 aliphatic rings. The molecule has 0 saturated carbocycles. The van der Waals surface area contributed by atoms with Crippen molar-refractivity contribution in [3.8, 4) is 22.9 Å². The Morgan fingerprint density at radius 1 is 0.733 bits per heavy atom. The summed E-state index contributed by atoms with van der Waals surface area (Å²) in [4.78, 5) is 40.2. The monoisotopic (exact) mass is 401 g/mol. The average Bonchev–Trinajstić information content (AvgIpc) is 2.72. The zero-order valence-electron chi connectivity index (χ0n) is 16.5. The Balaban J connectivity index is 1.87. The highest BCUT2D eigenvalue weighted by Crippen LogP contribution is 2.28. The van der Waals surface area contributed by atoms with Gasteiger partial charge in [0.1, 0.15) is 11.5 Å². The van der Waals surface area contributed by atoms with Crippen LogP contribution < -0.4 is 21.8 Å². The van der Waals surface area contributed by atoms with Crippen LogP contribution in [0.1, 0.15) is 11.1 Å². The Bertz CT molecular complexity index is 1380. The fourth-order valence-electron chi connectivity index (χ4n) is 3.24. The van der Waals surface area contributed by atoms with Crippen LogP contribution in [0.2, 0.25) is 0 Å². The molecule has 0 unspecified atom stereocenters. The second-order valence-corrected chi connectivity index (χ2v) is 6.84. The number of H-pyrrole nitrogens is 1. The third-order valence-corrected chi connectivity index (χ3v) is 4.72. The van der Waals surface area contributed by atoms with E-state index in [1.807, 2.05) is 37.3 Å². The van der Waals surface area contributed by atoms with Gasteiger partial charge in [-0.05, 0) is 61.4 Å². The van der Waals surface area contributed by atoms with Crippen LogP contribution in [0, 0.1) is 13.8 Å². The van der Waals surface area contributed by atoms with E-state index in [0.717, 1.165) is 14.7 Å². The number of benzene rings is 3. The van der Waals surface area contributed by atoms with Gasteiger partial charge in [0.05, 0.1) is 11.4 Å². The highest BCUT2D eigenvalue weighted by molar-refractivity contribution is 5.51. The maximum absolute atomic E-state index is 13.1. The largest absolute Gasteiger partial charge is 0.457 e. The first kappa shape index (κ1) is 19.2. The number of nitrogens with zero attached hydrogens (tertiary/aromatic N) is 2. The number of nitrogens with one attached hydrogen (secondary N) is 1. The summed E-state index contributed by atoms with van der Waals surface area (Å²) in [7, 11) is 0. The van der Waals surface area contributed by atoms with Gasteiger partial charge in [-0.1, -0.05) is 36.4 Å². The van der Waals surface area contributed by atoms with Crippen LogP contribution in [0.4, 0.5) is 0 Å². The van der Waals surface area contributed by atoms with Gasteiger partial charge in [-0.2, -0.15) is 0 Å². The lowest BCUT2D eigenvalue weighted by Gasteiger charge is -2.15. The van der Waals surface area contributed by atoms with Crippen molar-refractivity contribution < 1.29 is 4.74 Å². The molecular formula is C23H19N3O4. The van der Waals surface area contributed by atoms with Crippen LogP contribution in [-0.2, 0) is 0 Å². The van der Waals surface area contributed by atoms with Gasteiger partial charge >= 0.3 is 17.1 Å². The number of ether oxygens (including phenoxy) is 1. The summed E-state index contributed by atoms with van der Waals surface area (Å²) in [5.74, 6) is 1.30. The van der Waals surface area contributed by atoms with Crippen molar-refractivity contribution in [2.45, 2.75) is 13.8 Å². The van der Waals surface area contributed by atoms with Crippen LogP contribution in [-0.4, -0.2) is 14.1 Å². The maximum atomic E-state index is 13.1. The Morgan fingerprint density at radius 2 is 1.33 bits per heavy atom. The second-order valence-electron chi connectivity index (χ2n) is 6.84. The van der Waals surface area contributed by atoms with Gasteiger partial charge in [0.25, 0.3) is 0 Å². The molecule has 7 nitrogen and oxygen atoms in total. The molecule has 1 aromatic heterocycles. The maximum Gasteiger partial charge on any atom is 0.345 e. The Morgan fingerprint density at radius 3 is 2.00 bits per heavy atom. The average molecular weight is 401 g/mol. The molecule has 1 N–H and O–H groups in total. The topological polar surface area (TPSA) is 86.1 Å². The quantitative estimate of drug-likeness (QED) is 0.569. The minimum atomic E-state index is -0.795. The molecular weight excluding hydrogens is 382 g/mol. The predicted molar refractivity (Wildman–Crippen MR) is 114 cm³/mol. The van der Waals surface area contributed by atoms with Crippen molar-refractivity contribution in [3.63, 3.8) is 0 Å². The number of hydrogen-bond acceptors (Lipinski definition) is 4. The summed E-state index contributed by atoms with van der Waals surface area (Å²) in [5.41, 5.74) is -0.184. The molecule has 4 rings (SSSR count). The second kappa shape index (κ2) is 7.71. The molecule has 0 radical (unpaired) electrons. The van der Waals surface area contributed by atoms with Crippen molar-refractivity contribution in [1.29, 1.82) is 0 Å². The molecule has 3 aromatic carbocycles. The van der Waals surface area contributed by atoms with Crippen molar-refractivity contribution in [2.24, 2.45) is 0 Å². The molecule has 1 heterocycles. The fraction of sp³-hybridized carbons (Fsp3) is 0.0870. The van der Waals surface area contributed by atoms with E-state index in [4.69, 9.17) is 4.74 Å². The summed E-state index contributed by atoms with van der Waals surface area (Å²) in [6.45, 7) is 3.60. The molecule has 7 heteroatoms. The normalized spacial score (nSPS) is 10.7. The van der Waals surface area contributed by atoms with E-state index in [0.29, 0.717) is 28.4 Å². The van der Waals surface area contributed by atoms with Gasteiger partial charge in [-0.3, -0.25) is 4.98 Å². The molecule has 0 bridgehead atoms. The summed E-state index contributed by atoms with van der Waals surface area (Å²) in [6.07, 6.45) is 0. The molecule has 0 aliphatic carbocycles. The highest BCUT2D eigenvalue weighted by Gasteiger charge is 2.16. The van der Waals surface area contributed by atoms with Crippen LogP contribution in [0.5, 0.6) is 11.5 Å². The van der Waals surface area contributed by atoms with Gasteiger partial charge < -0.3 is 4.74 Å². The summed E-state index contributed by atoms with van der Waals surface area (Å²) in [6, 6.07) is 21.2. The van der Waals surface area contributed by atoms with Gasteiger partial charge in [0.15, 0.2) is 0 Å². The lowest BCUT2D eigenvalue weighted by atomic mass is 10.1. The van der Waals surface area contributed by atoms with E-state index in [2.05, 4.69) is 4.98 Å². The van der Waals surface area contributed by atoms with E-state index in [9.17, 15) is 14.4 Å². The highest BCUT2D eigenvalue weighted by atomic mass is 16.5. The number of para-hydroxylation sites is 2. The van der Waals surface area contributed by atoms with Crippen molar-refractivity contribution in [2.75, 3.05) is 0 Å². The standard InChI is InChI=1S/C23H19N3O4/c1-15-14-20(30-18-11-7-4-8-12-18)16(2)13-19(15)26-22(28)24-21(27)25(23(26)29)17-9-5-3-6-10-17/h3-14H,1-2H3,(H,24,27,28). The predicted octanol–water partition coefficient (Wildman–Crippen LogP) is 3.09. The molecule has 0 fully saturated rings. The molecule has 30 heavy (non-hydrogen) atoms. The molecule has 0 saturated heterocycles. The zero-order valence-corrected chi connectivity index (χ0v) is 16.5. The number of aromatic nitrogens is 3. The number of hydrogen-bond donors (Lipinski definition) is 1. The smallest absolute Gasteiger partial charge is 0.345 e. The van der Waals surface area contributed by atoms with Crippen molar-refractivity contribution >= 4 is 0 Å². The van der Waals surface area contributed by atoms with Crippen LogP contribution in [0.3, 0.4) is 0 Å². The number of rotatable bonds is 4. The SMILES string of the molecule is Cc1cc(-n2c(=O)[nH]c(=O)n(-c3ccccc3)c2=O)c(C)cc1Oc1ccccc1. The third kappa shape index (κ3) is 3.48. The lowest BCUT2D eigenvalue weighted by molar-refractivity contribution is 0.478. The van der Waals surface area contributed by atoms with Crippen LogP contribution >= 0.6 is 0 Å². The van der Waals surface area contributed by atoms with Crippen molar-refractivity contribution in [1.82, 2.24) is 14.1 Å². The summed E-state index contributed by atoms with van der Waals surface area (Å²) in [5, 5.41) is 0. The molecule has 0 amide bonds. The van der Waals surface area contributed by atoms with Gasteiger partial charge in [0.2, 0.25) is 0 Å². The first-order valence-corrected chi connectivity index (χ1v) is 9.34. The Kier molecular flexibility index (Phi) is 4.93. The summed E-state index contributed by atoms with van der Waals surface area (Å²) >= 11 is 0. The number of aromatic amines is 1. The number of aryl methyl sites for hydroxylation is 2. The van der Waals surface area contributed by atoms with E-state index in [-0.39, 0.29) is 0 Å². The molecule has 0 aliphatic heterocycles. The van der Waals surface area contributed by atoms with E-state index in [1.54, 1.807) is 49.4 Å². The fourth-order valence-corrected chi connectivity index (χ4v) is 3.24. The Hall–Kier alpha value is -4.13. The minimum Gasteiger partial charge on any atom is -0.457 e. The van der Waals surface area contributed by atoms with E-state index >= 15 is 0 Å². The Labute approximate surface area is 171 Å².